The molecule has 0 spiro atoms. The number of hydrogen-bond acceptors (Lipinski definition) is 3. The molecule has 0 fully saturated rings. The molecule has 0 radical (unpaired) electrons. The molecule has 82 valence electrons. The zero-order valence-electron chi connectivity index (χ0n) is 8.92. The van der Waals surface area contributed by atoms with Gasteiger partial charge < -0.3 is 4.84 Å². The molecule has 0 N–H and O–H groups in total. The molecule has 1 heterocycles. The number of rotatable bonds is 5. The van der Waals surface area contributed by atoms with E-state index in [9.17, 15) is 0 Å². The number of hydrogen-bond donors (Lipinski definition) is 0. The van der Waals surface area contributed by atoms with Crippen LogP contribution in [0.4, 0.5) is 0 Å². The fraction of sp³-hybridized carbons (Fsp3) is 0.364. The molecule has 0 unspecified atom stereocenters. The Morgan fingerprint density at radius 1 is 1.60 bits per heavy atom. The van der Waals surface area contributed by atoms with Crippen molar-refractivity contribution >= 4 is 28.6 Å². The van der Waals surface area contributed by atoms with Gasteiger partial charge in [-0.3, -0.25) is 0 Å². The Bertz CT molecular complexity index is 370. The fourth-order valence-electron chi connectivity index (χ4n) is 0.876. The molecule has 0 saturated heterocycles. The van der Waals surface area contributed by atoms with Crippen molar-refractivity contribution in [3.8, 4) is 0 Å². The molecule has 0 aliphatic rings. The molecule has 0 aliphatic heterocycles. The second-order valence-corrected chi connectivity index (χ2v) is 4.87. The van der Waals surface area contributed by atoms with Gasteiger partial charge in [-0.25, -0.2) is 0 Å². The van der Waals surface area contributed by atoms with Crippen LogP contribution in [0.3, 0.4) is 0 Å². The molecular formula is C11H14ClNOS. The summed E-state index contributed by atoms with van der Waals surface area (Å²) in [6.45, 7) is 8.26. The summed E-state index contributed by atoms with van der Waals surface area (Å²) in [6, 6.07) is 3.79. The second-order valence-electron chi connectivity index (χ2n) is 3.16. The predicted molar refractivity (Wildman–Crippen MR) is 66.9 cm³/mol. The summed E-state index contributed by atoms with van der Waals surface area (Å²) < 4.78 is 0.762. The Hall–Kier alpha value is -0.800. The van der Waals surface area contributed by atoms with Crippen molar-refractivity contribution in [1.29, 1.82) is 0 Å². The highest BCUT2D eigenvalue weighted by Gasteiger charge is 2.01. The average Bonchev–Trinajstić information content (AvgIpc) is 2.64. The van der Waals surface area contributed by atoms with Gasteiger partial charge in [-0.2, -0.15) is 0 Å². The van der Waals surface area contributed by atoms with Crippen LogP contribution >= 0.6 is 22.9 Å². The third-order valence-corrected chi connectivity index (χ3v) is 3.24. The van der Waals surface area contributed by atoms with Crippen molar-refractivity contribution in [2.24, 2.45) is 5.16 Å². The van der Waals surface area contributed by atoms with Gasteiger partial charge in [0.15, 0.2) is 0 Å². The van der Waals surface area contributed by atoms with Gasteiger partial charge in [-0.05, 0) is 31.1 Å². The Morgan fingerprint density at radius 2 is 2.33 bits per heavy atom. The minimum atomic E-state index is 0.479. The van der Waals surface area contributed by atoms with Crippen LogP contribution in [-0.4, -0.2) is 12.3 Å². The summed E-state index contributed by atoms with van der Waals surface area (Å²) in [5.41, 5.74) is 1.88. The van der Waals surface area contributed by atoms with E-state index in [1.54, 1.807) is 0 Å². The number of thiophene rings is 1. The maximum absolute atomic E-state index is 5.82. The Morgan fingerprint density at radius 3 is 2.87 bits per heavy atom. The summed E-state index contributed by atoms with van der Waals surface area (Å²) >= 11 is 7.31. The molecule has 0 saturated carbocycles. The quantitative estimate of drug-likeness (QED) is 0.433. The van der Waals surface area contributed by atoms with Gasteiger partial charge in [0.1, 0.15) is 6.61 Å². The molecule has 0 bridgehead atoms. The van der Waals surface area contributed by atoms with Crippen molar-refractivity contribution in [3.05, 3.63) is 33.5 Å². The maximum Gasteiger partial charge on any atom is 0.138 e. The smallest absolute Gasteiger partial charge is 0.138 e. The van der Waals surface area contributed by atoms with Gasteiger partial charge in [0, 0.05) is 0 Å². The van der Waals surface area contributed by atoms with E-state index in [2.05, 4.69) is 11.7 Å². The lowest BCUT2D eigenvalue weighted by Gasteiger charge is -2.01. The zero-order chi connectivity index (χ0) is 11.3. The minimum Gasteiger partial charge on any atom is -0.391 e. The van der Waals surface area contributed by atoms with E-state index in [0.717, 1.165) is 26.9 Å². The first-order valence-corrected chi connectivity index (χ1v) is 5.91. The van der Waals surface area contributed by atoms with Crippen molar-refractivity contribution in [3.63, 3.8) is 0 Å². The first kappa shape index (κ1) is 12.3. The monoisotopic (exact) mass is 243 g/mol. The lowest BCUT2D eigenvalue weighted by molar-refractivity contribution is 0.166. The van der Waals surface area contributed by atoms with E-state index in [1.165, 1.54) is 11.3 Å². The predicted octanol–water partition coefficient (Wildman–Crippen LogP) is 4.11. The van der Waals surface area contributed by atoms with Gasteiger partial charge in [0.25, 0.3) is 0 Å². The normalized spacial score (nSPS) is 11.5. The van der Waals surface area contributed by atoms with Crippen LogP contribution in [0.25, 0.3) is 0 Å². The third-order valence-electron chi connectivity index (χ3n) is 1.90. The van der Waals surface area contributed by atoms with E-state index in [-0.39, 0.29) is 0 Å². The molecule has 2 nitrogen and oxygen atoms in total. The van der Waals surface area contributed by atoms with E-state index in [1.807, 2.05) is 26.0 Å². The van der Waals surface area contributed by atoms with E-state index < -0.39 is 0 Å². The van der Waals surface area contributed by atoms with Gasteiger partial charge in [-0.1, -0.05) is 30.3 Å². The first-order chi connectivity index (χ1) is 7.13. The topological polar surface area (TPSA) is 21.6 Å². The molecule has 1 aromatic heterocycles. The lowest BCUT2D eigenvalue weighted by atomic mass is 10.3. The number of halogens is 1. The number of nitrogens with zero attached hydrogens (tertiary/aromatic N) is 1. The largest absolute Gasteiger partial charge is 0.391 e. The molecule has 0 aromatic carbocycles. The summed E-state index contributed by atoms with van der Waals surface area (Å²) in [4.78, 5) is 6.19. The lowest BCUT2D eigenvalue weighted by Crippen LogP contribution is -1.96. The van der Waals surface area contributed by atoms with Crippen LogP contribution in [0.1, 0.15) is 25.1 Å². The Labute approximate surface area is 99.2 Å². The van der Waals surface area contributed by atoms with Gasteiger partial charge in [0.05, 0.1) is 14.9 Å². The molecule has 0 aliphatic carbocycles. The van der Waals surface area contributed by atoms with E-state index >= 15 is 0 Å². The molecule has 4 heteroatoms. The summed E-state index contributed by atoms with van der Waals surface area (Å²) in [5.74, 6) is 0. The SMILES string of the molecule is C=C(CC)CON=C(C)c1ccc(Cl)s1. The Kier molecular flexibility index (Phi) is 4.85. The maximum atomic E-state index is 5.82. The molecule has 1 aromatic rings. The van der Waals surface area contributed by atoms with Crippen molar-refractivity contribution in [2.45, 2.75) is 20.3 Å². The van der Waals surface area contributed by atoms with Crippen LogP contribution in [-0.2, 0) is 4.84 Å². The van der Waals surface area contributed by atoms with Gasteiger partial charge in [0.2, 0.25) is 0 Å². The molecule has 15 heavy (non-hydrogen) atoms. The standard InChI is InChI=1S/C11H14ClNOS/c1-4-8(2)7-14-13-9(3)10-5-6-11(12)15-10/h5-6H,2,4,7H2,1,3H3. The molecular weight excluding hydrogens is 230 g/mol. The second kappa shape index (κ2) is 5.93. The third kappa shape index (κ3) is 4.06. The van der Waals surface area contributed by atoms with Crippen LogP contribution in [0, 0.1) is 0 Å². The van der Waals surface area contributed by atoms with Crippen molar-refractivity contribution in [1.82, 2.24) is 0 Å². The van der Waals surface area contributed by atoms with Crippen LogP contribution in [0.5, 0.6) is 0 Å². The van der Waals surface area contributed by atoms with Crippen LogP contribution in [0.15, 0.2) is 29.4 Å². The highest BCUT2D eigenvalue weighted by molar-refractivity contribution is 7.18. The zero-order valence-corrected chi connectivity index (χ0v) is 10.5. The van der Waals surface area contributed by atoms with Gasteiger partial charge >= 0.3 is 0 Å². The molecule has 1 rings (SSSR count). The molecule has 0 atom stereocenters. The van der Waals surface area contributed by atoms with E-state index in [0.29, 0.717) is 6.61 Å². The van der Waals surface area contributed by atoms with Crippen LogP contribution in [0.2, 0.25) is 4.34 Å². The molecule has 0 amide bonds. The van der Waals surface area contributed by atoms with Crippen molar-refractivity contribution in [2.75, 3.05) is 6.61 Å². The highest BCUT2D eigenvalue weighted by Crippen LogP contribution is 2.22. The Balaban J connectivity index is 2.50. The number of oxime groups is 1. The summed E-state index contributed by atoms with van der Waals surface area (Å²) in [5, 5.41) is 4.00. The minimum absolute atomic E-state index is 0.479. The first-order valence-electron chi connectivity index (χ1n) is 4.72. The summed E-state index contributed by atoms with van der Waals surface area (Å²) in [6.07, 6.45) is 0.916. The van der Waals surface area contributed by atoms with Crippen molar-refractivity contribution < 1.29 is 4.84 Å². The van der Waals surface area contributed by atoms with Crippen LogP contribution < -0.4 is 0 Å². The van der Waals surface area contributed by atoms with Gasteiger partial charge in [-0.15, -0.1) is 11.3 Å². The van der Waals surface area contributed by atoms with E-state index in [4.69, 9.17) is 16.4 Å². The summed E-state index contributed by atoms with van der Waals surface area (Å²) in [7, 11) is 0. The fourth-order valence-corrected chi connectivity index (χ4v) is 1.86. The average molecular weight is 244 g/mol. The highest BCUT2D eigenvalue weighted by atomic mass is 35.5.